The van der Waals surface area contributed by atoms with Gasteiger partial charge >= 0.3 is 5.97 Å². The molecule has 1 aliphatic heterocycles. The number of aliphatic carboxylic acids is 1. The number of amides is 1. The number of carboxylic acid groups (broad SMARTS) is 1. The Morgan fingerprint density at radius 1 is 1.30 bits per heavy atom. The van der Waals surface area contributed by atoms with E-state index >= 15 is 0 Å². The van der Waals surface area contributed by atoms with E-state index in [1.54, 1.807) is 18.2 Å². The molecule has 0 radical (unpaired) electrons. The third kappa shape index (κ3) is 4.07. The Morgan fingerprint density at radius 3 is 2.74 bits per heavy atom. The first kappa shape index (κ1) is 16.5. The van der Waals surface area contributed by atoms with Gasteiger partial charge in [-0.05, 0) is 31.1 Å². The van der Waals surface area contributed by atoms with E-state index in [-0.39, 0.29) is 12.3 Å². The molecule has 1 aromatic rings. The molecule has 23 heavy (non-hydrogen) atoms. The molecule has 118 valence electrons. The van der Waals surface area contributed by atoms with E-state index in [1.165, 1.54) is 0 Å². The average molecular weight is 309 g/mol. The van der Waals surface area contributed by atoms with Gasteiger partial charge in [-0.15, -0.1) is 0 Å². The molecule has 0 saturated heterocycles. The fourth-order valence-electron chi connectivity index (χ4n) is 2.36. The number of carbonyl (C=O) groups is 2. The normalized spacial score (nSPS) is 16.2. The third-order valence-electron chi connectivity index (χ3n) is 3.63. The number of nitrogens with one attached hydrogen (secondary N) is 1. The van der Waals surface area contributed by atoms with Gasteiger partial charge in [0.25, 0.3) is 5.91 Å². The topological polar surface area (TPSA) is 66.4 Å². The molecule has 0 aliphatic carbocycles. The lowest BCUT2D eigenvalue weighted by molar-refractivity contribution is -0.137. The van der Waals surface area contributed by atoms with Crippen LogP contribution in [0.2, 0.25) is 0 Å². The summed E-state index contributed by atoms with van der Waals surface area (Å²) >= 11 is 0. The molecular weight excluding hydrogens is 290 g/mol. The predicted molar refractivity (Wildman–Crippen MR) is 92.0 cm³/mol. The van der Waals surface area contributed by atoms with Crippen molar-refractivity contribution in [2.45, 2.75) is 19.8 Å². The van der Waals surface area contributed by atoms with Gasteiger partial charge in [0.05, 0.1) is 0 Å². The number of anilines is 1. The Hall–Kier alpha value is -2.88. The largest absolute Gasteiger partial charge is 0.481 e. The summed E-state index contributed by atoms with van der Waals surface area (Å²) in [7, 11) is 0. The second-order valence-corrected chi connectivity index (χ2v) is 5.28. The van der Waals surface area contributed by atoms with Crippen LogP contribution in [0.3, 0.4) is 0 Å². The van der Waals surface area contributed by atoms with Crippen molar-refractivity contribution in [2.24, 2.45) is 0 Å². The Bertz CT molecular complexity index is 739. The molecule has 1 aliphatic rings. The lowest BCUT2D eigenvalue weighted by Gasteiger charge is -2.05. The molecule has 0 saturated carbocycles. The molecule has 4 heteroatoms. The van der Waals surface area contributed by atoms with Crippen LogP contribution in [0.15, 0.2) is 66.3 Å². The number of carbonyl (C=O) groups excluding carboxylic acids is 1. The van der Waals surface area contributed by atoms with Crippen LogP contribution in [0.5, 0.6) is 0 Å². The first-order chi connectivity index (χ1) is 11.0. The zero-order valence-electron chi connectivity index (χ0n) is 13.0. The Kier molecular flexibility index (Phi) is 5.31. The lowest BCUT2D eigenvalue weighted by atomic mass is 9.99. The maximum Gasteiger partial charge on any atom is 0.303 e. The summed E-state index contributed by atoms with van der Waals surface area (Å²) in [6.07, 6.45) is 7.55. The number of hydrogen-bond acceptors (Lipinski definition) is 2. The van der Waals surface area contributed by atoms with Gasteiger partial charge in [-0.3, -0.25) is 9.59 Å². The molecule has 1 heterocycles. The minimum Gasteiger partial charge on any atom is -0.481 e. The van der Waals surface area contributed by atoms with E-state index in [4.69, 9.17) is 5.11 Å². The Balaban J connectivity index is 2.43. The highest BCUT2D eigenvalue weighted by Crippen LogP contribution is 2.32. The van der Waals surface area contributed by atoms with Gasteiger partial charge in [-0.1, -0.05) is 48.6 Å². The fraction of sp³-hybridized carbons (Fsp3) is 0.158. The third-order valence-corrected chi connectivity index (χ3v) is 3.63. The minimum atomic E-state index is -0.840. The molecule has 2 rings (SSSR count). The van der Waals surface area contributed by atoms with Gasteiger partial charge in [0.15, 0.2) is 0 Å². The number of benzene rings is 1. The van der Waals surface area contributed by atoms with Gasteiger partial charge < -0.3 is 10.4 Å². The second kappa shape index (κ2) is 7.40. The highest BCUT2D eigenvalue weighted by molar-refractivity contribution is 6.31. The Morgan fingerprint density at radius 2 is 2.04 bits per heavy atom. The monoisotopic (exact) mass is 309 g/mol. The summed E-state index contributed by atoms with van der Waals surface area (Å²) < 4.78 is 0. The van der Waals surface area contributed by atoms with Crippen LogP contribution < -0.4 is 5.32 Å². The van der Waals surface area contributed by atoms with Crippen molar-refractivity contribution in [3.8, 4) is 0 Å². The first-order valence-corrected chi connectivity index (χ1v) is 7.36. The van der Waals surface area contributed by atoms with Crippen LogP contribution in [-0.2, 0) is 9.59 Å². The summed E-state index contributed by atoms with van der Waals surface area (Å²) in [4.78, 5) is 23.0. The van der Waals surface area contributed by atoms with Gasteiger partial charge in [-0.2, -0.15) is 0 Å². The predicted octanol–water partition coefficient (Wildman–Crippen LogP) is 3.95. The van der Waals surface area contributed by atoms with Crippen molar-refractivity contribution >= 4 is 23.1 Å². The maximum atomic E-state index is 12.2. The molecule has 0 unspecified atom stereocenters. The van der Waals surface area contributed by atoms with E-state index in [1.807, 2.05) is 37.3 Å². The van der Waals surface area contributed by atoms with E-state index in [2.05, 4.69) is 11.9 Å². The SMILES string of the molecule is C=C\C=C/C(/C=C1/C(=O)Nc2ccccc21)=C(\C)CCC(=O)O. The second-order valence-electron chi connectivity index (χ2n) is 5.28. The molecule has 0 aromatic heterocycles. The van der Waals surface area contributed by atoms with Crippen molar-refractivity contribution in [3.05, 3.63) is 71.9 Å². The zero-order chi connectivity index (χ0) is 16.8. The van der Waals surface area contributed by atoms with Crippen molar-refractivity contribution in [1.82, 2.24) is 0 Å². The fourth-order valence-corrected chi connectivity index (χ4v) is 2.36. The smallest absolute Gasteiger partial charge is 0.303 e. The van der Waals surface area contributed by atoms with Crippen LogP contribution in [-0.4, -0.2) is 17.0 Å². The molecule has 1 amide bonds. The van der Waals surface area contributed by atoms with E-state index < -0.39 is 5.97 Å². The van der Waals surface area contributed by atoms with Crippen molar-refractivity contribution in [2.75, 3.05) is 5.32 Å². The van der Waals surface area contributed by atoms with Crippen LogP contribution >= 0.6 is 0 Å². The highest BCUT2D eigenvalue weighted by Gasteiger charge is 2.23. The Labute approximate surface area is 135 Å². The summed E-state index contributed by atoms with van der Waals surface area (Å²) in [5.74, 6) is -0.991. The lowest BCUT2D eigenvalue weighted by Crippen LogP contribution is -2.04. The van der Waals surface area contributed by atoms with Crippen LogP contribution in [0.4, 0.5) is 5.69 Å². The van der Waals surface area contributed by atoms with E-state index in [0.29, 0.717) is 12.0 Å². The van der Waals surface area contributed by atoms with Crippen LogP contribution in [0.1, 0.15) is 25.3 Å². The number of para-hydroxylation sites is 1. The van der Waals surface area contributed by atoms with Crippen molar-refractivity contribution < 1.29 is 14.7 Å². The first-order valence-electron chi connectivity index (χ1n) is 7.36. The molecule has 0 fully saturated rings. The van der Waals surface area contributed by atoms with Crippen LogP contribution in [0.25, 0.3) is 5.57 Å². The van der Waals surface area contributed by atoms with Gasteiger partial charge in [0.2, 0.25) is 0 Å². The molecule has 0 bridgehead atoms. The average Bonchev–Trinajstić information content (AvgIpc) is 2.84. The summed E-state index contributed by atoms with van der Waals surface area (Å²) in [5.41, 5.74) is 3.97. The number of rotatable bonds is 6. The summed E-state index contributed by atoms with van der Waals surface area (Å²) in [6, 6.07) is 7.50. The highest BCUT2D eigenvalue weighted by atomic mass is 16.4. The summed E-state index contributed by atoms with van der Waals surface area (Å²) in [6.45, 7) is 5.52. The summed E-state index contributed by atoms with van der Waals surface area (Å²) in [5, 5.41) is 11.7. The minimum absolute atomic E-state index is 0.0587. The molecular formula is C19H19NO3. The van der Waals surface area contributed by atoms with Gasteiger partial charge in [-0.25, -0.2) is 0 Å². The maximum absolute atomic E-state index is 12.2. The zero-order valence-corrected chi connectivity index (χ0v) is 13.0. The van der Waals surface area contributed by atoms with Crippen LogP contribution in [0, 0.1) is 0 Å². The van der Waals surface area contributed by atoms with Crippen molar-refractivity contribution in [1.29, 1.82) is 0 Å². The number of hydrogen-bond donors (Lipinski definition) is 2. The van der Waals surface area contributed by atoms with Crippen molar-refractivity contribution in [3.63, 3.8) is 0 Å². The standard InChI is InChI=1S/C19H19NO3/c1-3-4-7-14(13(2)10-11-18(21)22)12-16-15-8-5-6-9-17(15)20-19(16)23/h3-9,12H,1,10-11H2,2H3,(H,20,23)(H,21,22)/b7-4-,14-13-,16-12+. The molecule has 0 atom stereocenters. The van der Waals surface area contributed by atoms with Gasteiger partial charge in [0.1, 0.15) is 0 Å². The number of fused-ring (bicyclic) bond motifs is 1. The van der Waals surface area contributed by atoms with E-state index in [9.17, 15) is 9.59 Å². The molecule has 4 nitrogen and oxygen atoms in total. The van der Waals surface area contributed by atoms with E-state index in [0.717, 1.165) is 22.4 Å². The number of allylic oxidation sites excluding steroid dienone is 6. The molecule has 0 spiro atoms. The quantitative estimate of drug-likeness (QED) is 0.618. The van der Waals surface area contributed by atoms with Gasteiger partial charge in [0, 0.05) is 23.2 Å². The molecule has 1 aromatic carbocycles. The molecule has 2 N–H and O–H groups in total. The number of carboxylic acids is 1.